The minimum Gasteiger partial charge on any atom is -0.317 e. The van der Waals surface area contributed by atoms with E-state index in [9.17, 15) is 4.79 Å². The third-order valence-electron chi connectivity index (χ3n) is 3.36. The zero-order valence-corrected chi connectivity index (χ0v) is 9.65. The van der Waals surface area contributed by atoms with Crippen LogP contribution in [0.4, 0.5) is 0 Å². The molecule has 1 aliphatic heterocycles. The number of pyridine rings is 1. The SMILES string of the molecule is O=c1cccc2nc(CC3CCNCC3)[nH]n12. The fraction of sp³-hybridized carbons (Fsp3) is 0.500. The van der Waals surface area contributed by atoms with Gasteiger partial charge in [0.05, 0.1) is 0 Å². The molecule has 5 heteroatoms. The van der Waals surface area contributed by atoms with Crippen molar-refractivity contribution in [3.63, 3.8) is 0 Å². The molecule has 17 heavy (non-hydrogen) atoms. The van der Waals surface area contributed by atoms with E-state index in [1.165, 1.54) is 17.4 Å². The van der Waals surface area contributed by atoms with Gasteiger partial charge in [0.2, 0.25) is 0 Å². The van der Waals surface area contributed by atoms with Gasteiger partial charge in [-0.05, 0) is 37.9 Å². The maximum atomic E-state index is 11.6. The molecule has 0 atom stereocenters. The van der Waals surface area contributed by atoms with E-state index in [4.69, 9.17) is 0 Å². The largest absolute Gasteiger partial charge is 0.317 e. The van der Waals surface area contributed by atoms with Gasteiger partial charge in [0.1, 0.15) is 5.82 Å². The number of hydrogen-bond donors (Lipinski definition) is 2. The molecule has 2 N–H and O–H groups in total. The van der Waals surface area contributed by atoms with Crippen molar-refractivity contribution in [3.05, 3.63) is 34.4 Å². The van der Waals surface area contributed by atoms with Crippen LogP contribution in [0.1, 0.15) is 18.7 Å². The summed E-state index contributed by atoms with van der Waals surface area (Å²) in [5.41, 5.74) is 0.660. The lowest BCUT2D eigenvalue weighted by molar-refractivity contribution is 0.367. The molecule has 0 radical (unpaired) electrons. The van der Waals surface area contributed by atoms with Gasteiger partial charge in [0.15, 0.2) is 5.65 Å². The summed E-state index contributed by atoms with van der Waals surface area (Å²) in [7, 11) is 0. The van der Waals surface area contributed by atoms with E-state index in [0.29, 0.717) is 11.6 Å². The molecule has 0 saturated carbocycles. The van der Waals surface area contributed by atoms with Crippen LogP contribution in [-0.2, 0) is 6.42 Å². The first-order valence-electron chi connectivity index (χ1n) is 6.10. The quantitative estimate of drug-likeness (QED) is 0.795. The van der Waals surface area contributed by atoms with Crippen molar-refractivity contribution in [3.8, 4) is 0 Å². The van der Waals surface area contributed by atoms with Crippen molar-refractivity contribution in [2.75, 3.05) is 13.1 Å². The zero-order chi connectivity index (χ0) is 11.7. The summed E-state index contributed by atoms with van der Waals surface area (Å²) in [5.74, 6) is 1.59. The molecule has 0 bridgehead atoms. The fourth-order valence-electron chi connectivity index (χ4n) is 2.42. The van der Waals surface area contributed by atoms with Gasteiger partial charge in [-0.2, -0.15) is 0 Å². The molecule has 0 unspecified atom stereocenters. The molecule has 3 heterocycles. The van der Waals surface area contributed by atoms with Crippen LogP contribution >= 0.6 is 0 Å². The molecule has 0 aromatic carbocycles. The van der Waals surface area contributed by atoms with E-state index in [1.807, 2.05) is 6.07 Å². The second-order valence-electron chi connectivity index (χ2n) is 4.63. The van der Waals surface area contributed by atoms with Crippen LogP contribution in [0, 0.1) is 5.92 Å². The Balaban J connectivity index is 1.85. The van der Waals surface area contributed by atoms with Crippen molar-refractivity contribution in [2.24, 2.45) is 5.92 Å². The van der Waals surface area contributed by atoms with Crippen molar-refractivity contribution in [2.45, 2.75) is 19.3 Å². The first-order chi connectivity index (χ1) is 8.33. The molecule has 1 aliphatic rings. The number of hydrogen-bond acceptors (Lipinski definition) is 3. The van der Waals surface area contributed by atoms with Gasteiger partial charge in [-0.3, -0.25) is 9.89 Å². The maximum Gasteiger partial charge on any atom is 0.271 e. The van der Waals surface area contributed by atoms with Crippen molar-refractivity contribution in [1.29, 1.82) is 0 Å². The minimum absolute atomic E-state index is 0.0495. The van der Waals surface area contributed by atoms with Crippen LogP contribution in [0.25, 0.3) is 5.65 Å². The first-order valence-corrected chi connectivity index (χ1v) is 6.10. The second-order valence-corrected chi connectivity index (χ2v) is 4.63. The molecule has 90 valence electrons. The highest BCUT2D eigenvalue weighted by Crippen LogP contribution is 2.16. The van der Waals surface area contributed by atoms with E-state index in [-0.39, 0.29) is 5.56 Å². The molecule has 5 nitrogen and oxygen atoms in total. The molecule has 1 fully saturated rings. The summed E-state index contributed by atoms with van der Waals surface area (Å²) in [4.78, 5) is 16.0. The predicted octanol–water partition coefficient (Wildman–Crippen LogP) is 0.565. The van der Waals surface area contributed by atoms with E-state index >= 15 is 0 Å². The highest BCUT2D eigenvalue weighted by molar-refractivity contribution is 5.36. The molecule has 0 aliphatic carbocycles. The normalized spacial score (nSPS) is 17.6. The predicted molar refractivity (Wildman–Crippen MR) is 65.1 cm³/mol. The number of nitrogens with zero attached hydrogens (tertiary/aromatic N) is 2. The summed E-state index contributed by atoms with van der Waals surface area (Å²) >= 11 is 0. The molecule has 2 aromatic heterocycles. The number of aromatic nitrogens is 3. The van der Waals surface area contributed by atoms with Crippen molar-refractivity contribution >= 4 is 5.65 Å². The maximum absolute atomic E-state index is 11.6. The third-order valence-corrected chi connectivity index (χ3v) is 3.36. The van der Waals surface area contributed by atoms with Gasteiger partial charge in [0.25, 0.3) is 5.56 Å². The minimum atomic E-state index is -0.0495. The number of piperidine rings is 1. The van der Waals surface area contributed by atoms with E-state index in [0.717, 1.165) is 25.3 Å². The topological polar surface area (TPSA) is 62.2 Å². The van der Waals surface area contributed by atoms with Crippen molar-refractivity contribution < 1.29 is 0 Å². The van der Waals surface area contributed by atoms with Crippen LogP contribution in [-0.4, -0.2) is 27.7 Å². The summed E-state index contributed by atoms with van der Waals surface area (Å²) < 4.78 is 1.51. The first kappa shape index (κ1) is 10.5. The Morgan fingerprint density at radius 1 is 1.35 bits per heavy atom. The summed E-state index contributed by atoms with van der Waals surface area (Å²) in [5, 5.41) is 6.43. The van der Waals surface area contributed by atoms with Gasteiger partial charge in [0, 0.05) is 12.5 Å². The van der Waals surface area contributed by atoms with Gasteiger partial charge < -0.3 is 5.32 Å². The van der Waals surface area contributed by atoms with Gasteiger partial charge >= 0.3 is 0 Å². The number of nitrogens with one attached hydrogen (secondary N) is 2. The molecular formula is C12H16N4O. The van der Waals surface area contributed by atoms with Gasteiger partial charge in [-0.1, -0.05) is 6.07 Å². The fourth-order valence-corrected chi connectivity index (χ4v) is 2.42. The molecule has 0 spiro atoms. The molecule has 2 aromatic rings. The van der Waals surface area contributed by atoms with Crippen LogP contribution in [0.5, 0.6) is 0 Å². The van der Waals surface area contributed by atoms with E-state index < -0.39 is 0 Å². The average molecular weight is 232 g/mol. The average Bonchev–Trinajstić information content (AvgIpc) is 2.74. The molecule has 1 saturated heterocycles. The number of fused-ring (bicyclic) bond motifs is 1. The Hall–Kier alpha value is -1.62. The Bertz CT molecular complexity index is 565. The molecule has 0 amide bonds. The highest BCUT2D eigenvalue weighted by atomic mass is 16.1. The lowest BCUT2D eigenvalue weighted by atomic mass is 9.94. The Labute approximate surface area is 98.9 Å². The molecule has 3 rings (SSSR count). The Kier molecular flexibility index (Phi) is 2.68. The van der Waals surface area contributed by atoms with Gasteiger partial charge in [-0.25, -0.2) is 9.50 Å². The lowest BCUT2D eigenvalue weighted by Crippen LogP contribution is -2.28. The van der Waals surface area contributed by atoms with Crippen LogP contribution in [0.15, 0.2) is 23.0 Å². The summed E-state index contributed by atoms with van der Waals surface area (Å²) in [6.45, 7) is 2.18. The van der Waals surface area contributed by atoms with Crippen LogP contribution in [0.2, 0.25) is 0 Å². The highest BCUT2D eigenvalue weighted by Gasteiger charge is 2.15. The molecular weight excluding hydrogens is 216 g/mol. The van der Waals surface area contributed by atoms with Crippen LogP contribution < -0.4 is 10.9 Å². The third kappa shape index (κ3) is 2.10. The second kappa shape index (κ2) is 4.33. The van der Waals surface area contributed by atoms with Crippen LogP contribution in [0.3, 0.4) is 0 Å². The number of aromatic amines is 1. The number of rotatable bonds is 2. The Morgan fingerprint density at radius 2 is 2.18 bits per heavy atom. The zero-order valence-electron chi connectivity index (χ0n) is 9.65. The monoisotopic (exact) mass is 232 g/mol. The lowest BCUT2D eigenvalue weighted by Gasteiger charge is -2.21. The van der Waals surface area contributed by atoms with E-state index in [2.05, 4.69) is 15.4 Å². The summed E-state index contributed by atoms with van der Waals surface area (Å²) in [6, 6.07) is 5.14. The van der Waals surface area contributed by atoms with Gasteiger partial charge in [-0.15, -0.1) is 0 Å². The Morgan fingerprint density at radius 3 is 2.94 bits per heavy atom. The number of H-pyrrole nitrogens is 1. The summed E-state index contributed by atoms with van der Waals surface area (Å²) in [6.07, 6.45) is 3.31. The smallest absolute Gasteiger partial charge is 0.271 e. The standard InChI is InChI=1S/C12H16N4O/c17-12-3-1-2-11-14-10(15-16(11)12)8-9-4-6-13-7-5-9/h1-3,9,13H,4-8H2,(H,14,15). The van der Waals surface area contributed by atoms with E-state index in [1.54, 1.807) is 12.1 Å². The van der Waals surface area contributed by atoms with Crippen molar-refractivity contribution in [1.82, 2.24) is 19.9 Å².